The van der Waals surface area contributed by atoms with Crippen molar-refractivity contribution in [1.82, 2.24) is 15.2 Å². The molecule has 0 saturated heterocycles. The molecule has 2 fully saturated rings. The first kappa shape index (κ1) is 16.8. The van der Waals surface area contributed by atoms with Crippen LogP contribution in [-0.4, -0.2) is 21.1 Å². The summed E-state index contributed by atoms with van der Waals surface area (Å²) in [5.41, 5.74) is 9.99. The highest BCUT2D eigenvalue weighted by Gasteiger charge is 2.39. The molecule has 2 saturated carbocycles. The Hall–Kier alpha value is -2.70. The number of allylic oxidation sites excluding steroid dienone is 1. The number of carbonyl (C=O) groups is 1. The number of anilines is 1. The number of aromatic amines is 1. The average Bonchev–Trinajstić information content (AvgIpc) is 3.51. The van der Waals surface area contributed by atoms with Crippen LogP contribution in [0.5, 0.6) is 0 Å². The third kappa shape index (κ3) is 3.09. The largest absolute Gasteiger partial charge is 0.394 e. The van der Waals surface area contributed by atoms with Crippen LogP contribution in [0.25, 0.3) is 11.1 Å². The van der Waals surface area contributed by atoms with Gasteiger partial charge in [-0.25, -0.2) is 4.98 Å². The van der Waals surface area contributed by atoms with E-state index in [-0.39, 0.29) is 11.5 Å². The molecule has 2 aromatic heterocycles. The van der Waals surface area contributed by atoms with Gasteiger partial charge in [0.25, 0.3) is 5.91 Å². The van der Waals surface area contributed by atoms with Crippen molar-refractivity contribution < 1.29 is 9.18 Å². The molecule has 0 bridgehead atoms. The molecule has 1 amide bonds. The number of aromatic nitrogens is 3. The molecule has 4 N–H and O–H groups in total. The van der Waals surface area contributed by atoms with E-state index >= 15 is 0 Å². The van der Waals surface area contributed by atoms with E-state index in [1.165, 1.54) is 0 Å². The Morgan fingerprint density at radius 2 is 1.88 bits per heavy atom. The molecule has 0 spiro atoms. The standard InChI is InChI=1S/C19H22FN5O/c1-9-15(10(2)25-24-9)13-7-8-14(22-18(13)20)23-19(26)17(21)16(11-3-4-11)12-5-6-12/h7-8,11-12H,3-6,21H2,1-2H3,(H,24,25)(H,22,23,26). The molecule has 0 aromatic carbocycles. The Balaban J connectivity index is 1.56. The summed E-state index contributed by atoms with van der Waals surface area (Å²) >= 11 is 0. The number of pyridine rings is 1. The lowest BCUT2D eigenvalue weighted by Crippen LogP contribution is -2.23. The highest BCUT2D eigenvalue weighted by atomic mass is 19.1. The summed E-state index contributed by atoms with van der Waals surface area (Å²) < 4.78 is 14.5. The summed E-state index contributed by atoms with van der Waals surface area (Å²) in [7, 11) is 0. The number of nitrogens with one attached hydrogen (secondary N) is 2. The summed E-state index contributed by atoms with van der Waals surface area (Å²) in [4.78, 5) is 16.4. The molecule has 2 aromatic rings. The van der Waals surface area contributed by atoms with Crippen LogP contribution in [0.1, 0.15) is 37.1 Å². The zero-order chi connectivity index (χ0) is 18.4. The Labute approximate surface area is 151 Å². The summed E-state index contributed by atoms with van der Waals surface area (Å²) in [5.74, 6) is 0.0142. The summed E-state index contributed by atoms with van der Waals surface area (Å²) in [6, 6.07) is 3.19. The first-order valence-electron chi connectivity index (χ1n) is 8.95. The van der Waals surface area contributed by atoms with Gasteiger partial charge < -0.3 is 11.1 Å². The lowest BCUT2D eigenvalue weighted by atomic mass is 10.0. The van der Waals surface area contributed by atoms with Crippen molar-refractivity contribution in [2.45, 2.75) is 39.5 Å². The van der Waals surface area contributed by atoms with Gasteiger partial charge in [0.15, 0.2) is 0 Å². The fourth-order valence-corrected chi connectivity index (χ4v) is 3.51. The number of hydrogen-bond acceptors (Lipinski definition) is 4. The Kier molecular flexibility index (Phi) is 4.01. The van der Waals surface area contributed by atoms with Crippen molar-refractivity contribution >= 4 is 11.7 Å². The summed E-state index contributed by atoms with van der Waals surface area (Å²) in [5, 5.41) is 9.55. The number of H-pyrrole nitrogens is 1. The van der Waals surface area contributed by atoms with E-state index in [0.29, 0.717) is 28.7 Å². The smallest absolute Gasteiger partial charge is 0.272 e. The first-order valence-corrected chi connectivity index (χ1v) is 8.95. The molecule has 6 nitrogen and oxygen atoms in total. The third-order valence-corrected chi connectivity index (χ3v) is 5.08. The van der Waals surface area contributed by atoms with Gasteiger partial charge in [-0.1, -0.05) is 0 Å². The Morgan fingerprint density at radius 1 is 1.23 bits per heavy atom. The average molecular weight is 355 g/mol. The van der Waals surface area contributed by atoms with Crippen molar-refractivity contribution in [1.29, 1.82) is 0 Å². The summed E-state index contributed by atoms with van der Waals surface area (Å²) in [6.07, 6.45) is 4.41. The van der Waals surface area contributed by atoms with Gasteiger partial charge in [-0.3, -0.25) is 9.89 Å². The van der Waals surface area contributed by atoms with Gasteiger partial charge in [0, 0.05) is 16.8 Å². The molecule has 0 unspecified atom stereocenters. The van der Waals surface area contributed by atoms with E-state index in [2.05, 4.69) is 20.5 Å². The molecule has 4 rings (SSSR count). The van der Waals surface area contributed by atoms with Crippen LogP contribution in [0.4, 0.5) is 10.2 Å². The molecular formula is C19H22FN5O. The van der Waals surface area contributed by atoms with Gasteiger partial charge >= 0.3 is 0 Å². The first-order chi connectivity index (χ1) is 12.5. The van der Waals surface area contributed by atoms with Gasteiger partial charge in [0.1, 0.15) is 5.82 Å². The molecule has 2 heterocycles. The number of halogens is 1. The van der Waals surface area contributed by atoms with E-state index in [4.69, 9.17) is 5.73 Å². The second kappa shape index (κ2) is 6.23. The number of amides is 1. The van der Waals surface area contributed by atoms with Crippen molar-refractivity contribution in [2.24, 2.45) is 17.6 Å². The van der Waals surface area contributed by atoms with E-state index < -0.39 is 11.9 Å². The van der Waals surface area contributed by atoms with Crippen molar-refractivity contribution in [3.63, 3.8) is 0 Å². The lowest BCUT2D eigenvalue weighted by Gasteiger charge is -2.11. The number of rotatable bonds is 5. The van der Waals surface area contributed by atoms with Crippen LogP contribution >= 0.6 is 0 Å². The van der Waals surface area contributed by atoms with E-state index in [1.54, 1.807) is 19.1 Å². The quantitative estimate of drug-likeness (QED) is 0.567. The Bertz CT molecular complexity index is 875. The molecule has 2 aliphatic carbocycles. The molecule has 26 heavy (non-hydrogen) atoms. The number of hydrogen-bond donors (Lipinski definition) is 3. The highest BCUT2D eigenvalue weighted by molar-refractivity contribution is 6.03. The number of aryl methyl sites for hydroxylation is 2. The van der Waals surface area contributed by atoms with Gasteiger partial charge in [-0.15, -0.1) is 0 Å². The minimum Gasteiger partial charge on any atom is -0.394 e. The second-order valence-corrected chi connectivity index (χ2v) is 7.22. The second-order valence-electron chi connectivity index (χ2n) is 7.22. The summed E-state index contributed by atoms with van der Waals surface area (Å²) in [6.45, 7) is 3.63. The maximum atomic E-state index is 14.5. The number of nitrogens with two attached hydrogens (primary N) is 1. The normalized spacial score (nSPS) is 16.4. The topological polar surface area (TPSA) is 96.7 Å². The van der Waals surface area contributed by atoms with Gasteiger partial charge in [-0.2, -0.15) is 9.49 Å². The van der Waals surface area contributed by atoms with Gasteiger partial charge in [0.05, 0.1) is 11.4 Å². The van der Waals surface area contributed by atoms with E-state index in [0.717, 1.165) is 37.0 Å². The lowest BCUT2D eigenvalue weighted by molar-refractivity contribution is -0.113. The monoisotopic (exact) mass is 355 g/mol. The fourth-order valence-electron chi connectivity index (χ4n) is 3.51. The zero-order valence-electron chi connectivity index (χ0n) is 14.9. The fraction of sp³-hybridized carbons (Fsp3) is 0.421. The Morgan fingerprint density at radius 3 is 2.38 bits per heavy atom. The molecule has 0 aliphatic heterocycles. The number of carbonyl (C=O) groups excluding carboxylic acids is 1. The molecule has 0 radical (unpaired) electrons. The maximum absolute atomic E-state index is 14.5. The van der Waals surface area contributed by atoms with Crippen LogP contribution in [0, 0.1) is 31.6 Å². The van der Waals surface area contributed by atoms with Crippen LogP contribution in [0.15, 0.2) is 23.4 Å². The molecule has 136 valence electrons. The zero-order valence-corrected chi connectivity index (χ0v) is 14.9. The third-order valence-electron chi connectivity index (χ3n) is 5.08. The van der Waals surface area contributed by atoms with Gasteiger partial charge in [-0.05, 0) is 69.1 Å². The van der Waals surface area contributed by atoms with Crippen LogP contribution in [0.3, 0.4) is 0 Å². The SMILES string of the molecule is Cc1n[nH]c(C)c1-c1ccc(NC(=O)C(N)=C(C2CC2)C2CC2)nc1F. The van der Waals surface area contributed by atoms with Crippen LogP contribution in [0.2, 0.25) is 0 Å². The minimum absolute atomic E-state index is 0.156. The maximum Gasteiger partial charge on any atom is 0.272 e. The predicted octanol–water partition coefficient (Wildman–Crippen LogP) is 3.20. The molecular weight excluding hydrogens is 333 g/mol. The molecule has 2 aliphatic rings. The van der Waals surface area contributed by atoms with Crippen LogP contribution in [-0.2, 0) is 4.79 Å². The van der Waals surface area contributed by atoms with Crippen molar-refractivity contribution in [3.05, 3.63) is 40.7 Å². The minimum atomic E-state index is -0.650. The highest BCUT2D eigenvalue weighted by Crippen LogP contribution is 2.49. The molecule has 7 heteroatoms. The van der Waals surface area contributed by atoms with Gasteiger partial charge in [0.2, 0.25) is 5.95 Å². The van der Waals surface area contributed by atoms with Crippen LogP contribution < -0.4 is 11.1 Å². The molecule has 0 atom stereocenters. The van der Waals surface area contributed by atoms with E-state index in [9.17, 15) is 9.18 Å². The predicted molar refractivity (Wildman–Crippen MR) is 96.5 cm³/mol. The number of nitrogens with zero attached hydrogens (tertiary/aromatic N) is 2. The van der Waals surface area contributed by atoms with Crippen molar-refractivity contribution in [3.8, 4) is 11.1 Å². The van der Waals surface area contributed by atoms with Crippen molar-refractivity contribution in [2.75, 3.05) is 5.32 Å². The van der Waals surface area contributed by atoms with E-state index in [1.807, 2.05) is 6.92 Å².